The quantitative estimate of drug-likeness (QED) is 0.490. The fraction of sp³-hybridized carbons (Fsp3) is 0.200. The predicted octanol–water partition coefficient (Wildman–Crippen LogP) is 3.29. The third-order valence-electron chi connectivity index (χ3n) is 3.18. The van der Waals surface area contributed by atoms with Crippen LogP contribution in [0.3, 0.4) is 0 Å². The molecule has 0 aliphatic carbocycles. The summed E-state index contributed by atoms with van der Waals surface area (Å²) in [7, 11) is -4.05. The Kier molecular flexibility index (Phi) is 4.18. The van der Waals surface area contributed by atoms with Crippen LogP contribution in [0.4, 0.5) is 5.69 Å². The largest absolute Gasteiger partial charge is 0.379 e. The van der Waals surface area contributed by atoms with Gasteiger partial charge in [0.05, 0.1) is 4.92 Å². The van der Waals surface area contributed by atoms with Crippen molar-refractivity contribution in [2.24, 2.45) is 0 Å². The molecule has 0 atom stereocenters. The third kappa shape index (κ3) is 3.25. The monoisotopic (exact) mass is 321 g/mol. The zero-order chi connectivity index (χ0) is 16.5. The Labute approximate surface area is 128 Å². The molecule has 6 nitrogen and oxygen atoms in total. The minimum absolute atomic E-state index is 0.0843. The van der Waals surface area contributed by atoms with Crippen LogP contribution in [0.5, 0.6) is 5.75 Å². The van der Waals surface area contributed by atoms with E-state index in [-0.39, 0.29) is 21.9 Å². The molecule has 0 heterocycles. The highest BCUT2D eigenvalue weighted by molar-refractivity contribution is 7.87. The molecular weight excluding hydrogens is 306 g/mol. The molecule has 0 radical (unpaired) electrons. The van der Waals surface area contributed by atoms with Crippen molar-refractivity contribution >= 4 is 15.8 Å². The Morgan fingerprint density at radius 1 is 1.00 bits per heavy atom. The maximum Gasteiger partial charge on any atom is 0.339 e. The molecule has 0 aromatic heterocycles. The van der Waals surface area contributed by atoms with E-state index in [1.807, 2.05) is 13.0 Å². The molecule has 2 aromatic carbocycles. The van der Waals surface area contributed by atoms with E-state index in [1.165, 1.54) is 19.1 Å². The Bertz CT molecular complexity index is 843. The first kappa shape index (κ1) is 16.0. The van der Waals surface area contributed by atoms with E-state index in [9.17, 15) is 18.5 Å². The van der Waals surface area contributed by atoms with Crippen molar-refractivity contribution in [2.45, 2.75) is 25.7 Å². The molecule has 0 unspecified atom stereocenters. The second-order valence-electron chi connectivity index (χ2n) is 5.01. The van der Waals surface area contributed by atoms with Gasteiger partial charge in [-0.15, -0.1) is 0 Å². The molecule has 0 spiro atoms. The summed E-state index contributed by atoms with van der Waals surface area (Å²) in [5.74, 6) is 0.248. The van der Waals surface area contributed by atoms with Crippen molar-refractivity contribution in [3.8, 4) is 5.75 Å². The molecule has 0 saturated carbocycles. The van der Waals surface area contributed by atoms with Gasteiger partial charge < -0.3 is 4.18 Å². The normalized spacial score (nSPS) is 11.2. The zero-order valence-corrected chi connectivity index (χ0v) is 13.2. The Morgan fingerprint density at radius 2 is 1.68 bits per heavy atom. The van der Waals surface area contributed by atoms with Crippen LogP contribution in [-0.4, -0.2) is 13.3 Å². The predicted molar refractivity (Wildman–Crippen MR) is 81.6 cm³/mol. The lowest BCUT2D eigenvalue weighted by Crippen LogP contribution is -2.12. The average Bonchev–Trinajstić information content (AvgIpc) is 2.42. The molecular formula is C15H15NO5S. The van der Waals surface area contributed by atoms with Crippen molar-refractivity contribution < 1.29 is 17.5 Å². The summed E-state index contributed by atoms with van der Waals surface area (Å²) >= 11 is 0. The fourth-order valence-electron chi connectivity index (χ4n) is 1.99. The number of nitro benzene ring substituents is 1. The Morgan fingerprint density at radius 3 is 2.27 bits per heavy atom. The zero-order valence-electron chi connectivity index (χ0n) is 12.4. The standard InChI is InChI=1S/C15H15NO5S/c1-10-4-5-11(2)14(8-10)21-22(19,20)15-7-6-13(16(17)18)9-12(15)3/h4-9H,1-3H3. The van der Waals surface area contributed by atoms with Crippen LogP contribution in [-0.2, 0) is 10.1 Å². The molecule has 0 saturated heterocycles. The van der Waals surface area contributed by atoms with Crippen LogP contribution in [0.25, 0.3) is 0 Å². The number of non-ortho nitro benzene ring substituents is 1. The van der Waals surface area contributed by atoms with Gasteiger partial charge in [-0.05, 0) is 49.6 Å². The first-order valence-corrected chi connectivity index (χ1v) is 7.88. The fourth-order valence-corrected chi connectivity index (χ4v) is 3.18. The summed E-state index contributed by atoms with van der Waals surface area (Å²) in [5.41, 5.74) is 1.66. The lowest BCUT2D eigenvalue weighted by atomic mass is 10.1. The first-order valence-electron chi connectivity index (χ1n) is 6.47. The number of nitro groups is 1. The van der Waals surface area contributed by atoms with Crippen molar-refractivity contribution in [1.82, 2.24) is 0 Å². The lowest BCUT2D eigenvalue weighted by molar-refractivity contribution is -0.385. The summed E-state index contributed by atoms with van der Waals surface area (Å²) < 4.78 is 29.9. The van der Waals surface area contributed by atoms with Gasteiger partial charge in [-0.1, -0.05) is 12.1 Å². The van der Waals surface area contributed by atoms with Crippen molar-refractivity contribution in [3.63, 3.8) is 0 Å². The molecule has 7 heteroatoms. The van der Waals surface area contributed by atoms with Gasteiger partial charge in [-0.3, -0.25) is 10.1 Å². The molecule has 116 valence electrons. The smallest absolute Gasteiger partial charge is 0.339 e. The molecule has 0 aliphatic heterocycles. The molecule has 0 aliphatic rings. The molecule has 2 aromatic rings. The second kappa shape index (κ2) is 5.76. The van der Waals surface area contributed by atoms with Gasteiger partial charge in [-0.2, -0.15) is 8.42 Å². The number of hydrogen-bond donors (Lipinski definition) is 0. The second-order valence-corrected chi connectivity index (χ2v) is 6.53. The van der Waals surface area contributed by atoms with Crippen molar-refractivity contribution in [3.05, 3.63) is 63.2 Å². The minimum atomic E-state index is -4.05. The Balaban J connectivity index is 2.43. The molecule has 2 rings (SSSR count). The lowest BCUT2D eigenvalue weighted by Gasteiger charge is -2.11. The van der Waals surface area contributed by atoms with Crippen LogP contribution >= 0.6 is 0 Å². The summed E-state index contributed by atoms with van der Waals surface area (Å²) in [6.07, 6.45) is 0. The average molecular weight is 321 g/mol. The van der Waals surface area contributed by atoms with Gasteiger partial charge in [0, 0.05) is 12.1 Å². The molecule has 0 N–H and O–H groups in total. The molecule has 22 heavy (non-hydrogen) atoms. The van der Waals surface area contributed by atoms with Gasteiger partial charge in [0.2, 0.25) is 0 Å². The van der Waals surface area contributed by atoms with Crippen LogP contribution < -0.4 is 4.18 Å². The molecule has 0 bridgehead atoms. The van der Waals surface area contributed by atoms with Crippen LogP contribution in [0.15, 0.2) is 41.3 Å². The summed E-state index contributed by atoms with van der Waals surface area (Å²) in [4.78, 5) is 10.1. The number of benzene rings is 2. The highest BCUT2D eigenvalue weighted by Crippen LogP contribution is 2.27. The van der Waals surface area contributed by atoms with Gasteiger partial charge in [0.1, 0.15) is 10.6 Å². The van der Waals surface area contributed by atoms with Gasteiger partial charge in [-0.25, -0.2) is 0 Å². The van der Waals surface area contributed by atoms with E-state index in [1.54, 1.807) is 19.1 Å². The summed E-state index contributed by atoms with van der Waals surface area (Å²) in [5, 5.41) is 10.7. The van der Waals surface area contributed by atoms with Gasteiger partial charge >= 0.3 is 10.1 Å². The topological polar surface area (TPSA) is 86.5 Å². The maximum atomic E-state index is 12.4. The molecule has 0 amide bonds. The number of aryl methyl sites for hydroxylation is 3. The number of nitrogens with zero attached hydrogens (tertiary/aromatic N) is 1. The Hall–Kier alpha value is -2.41. The minimum Gasteiger partial charge on any atom is -0.379 e. The van der Waals surface area contributed by atoms with Crippen molar-refractivity contribution in [1.29, 1.82) is 0 Å². The van der Waals surface area contributed by atoms with Crippen LogP contribution in [0, 0.1) is 30.9 Å². The third-order valence-corrected chi connectivity index (χ3v) is 4.58. The summed E-state index contributed by atoms with van der Waals surface area (Å²) in [6, 6.07) is 8.79. The maximum absolute atomic E-state index is 12.4. The van der Waals surface area contributed by atoms with Crippen LogP contribution in [0.1, 0.15) is 16.7 Å². The van der Waals surface area contributed by atoms with E-state index in [4.69, 9.17) is 4.18 Å². The first-order chi connectivity index (χ1) is 10.2. The van der Waals surface area contributed by atoms with E-state index in [2.05, 4.69) is 0 Å². The van der Waals surface area contributed by atoms with Gasteiger partial charge in [0.15, 0.2) is 0 Å². The van der Waals surface area contributed by atoms with Crippen molar-refractivity contribution in [2.75, 3.05) is 0 Å². The SMILES string of the molecule is Cc1ccc(C)c(OS(=O)(=O)c2ccc([N+](=O)[O-])cc2C)c1. The van der Waals surface area contributed by atoms with E-state index in [0.717, 1.165) is 11.6 Å². The summed E-state index contributed by atoms with van der Waals surface area (Å²) in [6.45, 7) is 5.06. The van der Waals surface area contributed by atoms with E-state index < -0.39 is 15.0 Å². The highest BCUT2D eigenvalue weighted by atomic mass is 32.2. The number of hydrogen-bond acceptors (Lipinski definition) is 5. The van der Waals surface area contributed by atoms with Crippen LogP contribution in [0.2, 0.25) is 0 Å². The van der Waals surface area contributed by atoms with E-state index >= 15 is 0 Å². The van der Waals surface area contributed by atoms with Gasteiger partial charge in [0.25, 0.3) is 5.69 Å². The molecule has 0 fully saturated rings. The highest BCUT2D eigenvalue weighted by Gasteiger charge is 2.22. The van der Waals surface area contributed by atoms with E-state index in [0.29, 0.717) is 5.56 Å². The number of rotatable bonds is 4.